The van der Waals surface area contributed by atoms with Crippen LogP contribution in [0.3, 0.4) is 0 Å². The SMILES string of the molecule is CCCCOC(=O)CSc1nnc(-c2ccccc2Br)n1N. The molecule has 0 spiro atoms. The zero-order valence-electron chi connectivity index (χ0n) is 12.2. The molecule has 0 radical (unpaired) electrons. The van der Waals surface area contributed by atoms with Gasteiger partial charge in [-0.2, -0.15) is 0 Å². The summed E-state index contributed by atoms with van der Waals surface area (Å²) >= 11 is 4.67. The van der Waals surface area contributed by atoms with Gasteiger partial charge in [0.05, 0.1) is 12.4 Å². The summed E-state index contributed by atoms with van der Waals surface area (Å²) in [5.74, 6) is 6.43. The van der Waals surface area contributed by atoms with Gasteiger partial charge in [0.25, 0.3) is 0 Å². The predicted octanol–water partition coefficient (Wildman–Crippen LogP) is 2.86. The molecule has 1 heterocycles. The third-order valence-corrected chi connectivity index (χ3v) is 4.47. The maximum atomic E-state index is 11.6. The number of hydrogen-bond acceptors (Lipinski definition) is 6. The molecule has 0 unspecified atom stereocenters. The molecule has 6 nitrogen and oxygen atoms in total. The highest BCUT2D eigenvalue weighted by atomic mass is 79.9. The Hall–Kier alpha value is -1.54. The second-order valence-corrected chi connectivity index (χ2v) is 6.32. The van der Waals surface area contributed by atoms with Crippen molar-refractivity contribution >= 4 is 33.7 Å². The molecule has 0 saturated heterocycles. The van der Waals surface area contributed by atoms with Crippen LogP contribution in [0.15, 0.2) is 33.9 Å². The maximum absolute atomic E-state index is 11.6. The highest BCUT2D eigenvalue weighted by Gasteiger charge is 2.15. The van der Waals surface area contributed by atoms with E-state index in [9.17, 15) is 4.79 Å². The number of rotatable bonds is 7. The second-order valence-electron chi connectivity index (χ2n) is 4.52. The van der Waals surface area contributed by atoms with Crippen LogP contribution in [0, 0.1) is 0 Å². The van der Waals surface area contributed by atoms with Gasteiger partial charge in [-0.3, -0.25) is 4.79 Å². The largest absolute Gasteiger partial charge is 0.465 e. The first kappa shape index (κ1) is 16.8. The Bertz CT molecular complexity index is 648. The average Bonchev–Trinajstić information content (AvgIpc) is 2.87. The number of aromatic nitrogens is 3. The van der Waals surface area contributed by atoms with Crippen LogP contribution in [-0.4, -0.2) is 33.2 Å². The van der Waals surface area contributed by atoms with E-state index in [1.165, 1.54) is 16.4 Å². The number of ether oxygens (including phenoxy) is 1. The van der Waals surface area contributed by atoms with Gasteiger partial charge in [-0.15, -0.1) is 10.2 Å². The molecule has 0 aliphatic heterocycles. The van der Waals surface area contributed by atoms with Gasteiger partial charge in [0, 0.05) is 10.0 Å². The number of carbonyl (C=O) groups is 1. The molecule has 0 saturated carbocycles. The molecule has 2 N–H and O–H groups in total. The summed E-state index contributed by atoms with van der Waals surface area (Å²) in [6, 6.07) is 7.60. The van der Waals surface area contributed by atoms with E-state index in [1.807, 2.05) is 31.2 Å². The minimum atomic E-state index is -0.274. The topological polar surface area (TPSA) is 83.0 Å². The summed E-state index contributed by atoms with van der Waals surface area (Å²) in [5, 5.41) is 8.58. The van der Waals surface area contributed by atoms with E-state index < -0.39 is 0 Å². The molecular formula is C14H17BrN4O2S. The Morgan fingerprint density at radius 3 is 2.91 bits per heavy atom. The molecule has 2 rings (SSSR count). The summed E-state index contributed by atoms with van der Waals surface area (Å²) < 4.78 is 7.35. The molecule has 0 aliphatic carbocycles. The Balaban J connectivity index is 2.00. The third kappa shape index (κ3) is 4.23. The lowest BCUT2D eigenvalue weighted by Gasteiger charge is -2.05. The summed E-state index contributed by atoms with van der Waals surface area (Å²) in [4.78, 5) is 11.6. The van der Waals surface area contributed by atoms with Gasteiger partial charge in [-0.05, 0) is 18.6 Å². The monoisotopic (exact) mass is 384 g/mol. The third-order valence-electron chi connectivity index (χ3n) is 2.86. The molecule has 1 aromatic carbocycles. The van der Waals surface area contributed by atoms with Crippen molar-refractivity contribution in [3.8, 4) is 11.4 Å². The minimum absolute atomic E-state index is 0.162. The molecule has 0 bridgehead atoms. The van der Waals surface area contributed by atoms with E-state index in [-0.39, 0.29) is 11.7 Å². The average molecular weight is 385 g/mol. The molecule has 8 heteroatoms. The summed E-state index contributed by atoms with van der Waals surface area (Å²) in [5.41, 5.74) is 0.842. The van der Waals surface area contributed by atoms with Crippen molar-refractivity contribution < 1.29 is 9.53 Å². The lowest BCUT2D eigenvalue weighted by Crippen LogP contribution is -2.14. The second kappa shape index (κ2) is 8.19. The van der Waals surface area contributed by atoms with E-state index in [0.717, 1.165) is 22.9 Å². The van der Waals surface area contributed by atoms with Crippen molar-refractivity contribution in [2.45, 2.75) is 24.9 Å². The van der Waals surface area contributed by atoms with Crippen molar-refractivity contribution in [3.05, 3.63) is 28.7 Å². The quantitative estimate of drug-likeness (QED) is 0.342. The standard InChI is InChI=1S/C14H17BrN4O2S/c1-2-3-8-21-12(20)9-22-14-18-17-13(19(14)16)10-6-4-5-7-11(10)15/h4-7H,2-3,8-9,16H2,1H3. The normalized spacial score (nSPS) is 10.6. The van der Waals surface area contributed by atoms with Gasteiger partial charge in [-0.25, -0.2) is 4.68 Å². The summed E-state index contributed by atoms with van der Waals surface area (Å²) in [6.45, 7) is 2.50. The first-order valence-electron chi connectivity index (χ1n) is 6.87. The lowest BCUT2D eigenvalue weighted by molar-refractivity contribution is -0.140. The highest BCUT2D eigenvalue weighted by Crippen LogP contribution is 2.27. The van der Waals surface area contributed by atoms with Gasteiger partial charge in [0.1, 0.15) is 0 Å². The molecule has 22 heavy (non-hydrogen) atoms. The van der Waals surface area contributed by atoms with E-state index in [4.69, 9.17) is 10.6 Å². The Kier molecular flexibility index (Phi) is 6.26. The Morgan fingerprint density at radius 1 is 1.41 bits per heavy atom. The van der Waals surface area contributed by atoms with Crippen molar-refractivity contribution in [1.82, 2.24) is 14.9 Å². The van der Waals surface area contributed by atoms with Crippen LogP contribution >= 0.6 is 27.7 Å². The van der Waals surface area contributed by atoms with Crippen LogP contribution in [0.1, 0.15) is 19.8 Å². The molecule has 0 fully saturated rings. The van der Waals surface area contributed by atoms with Crippen LogP contribution in [0.4, 0.5) is 0 Å². The fraction of sp³-hybridized carbons (Fsp3) is 0.357. The van der Waals surface area contributed by atoms with Crippen LogP contribution in [0.5, 0.6) is 0 Å². The molecule has 0 atom stereocenters. The number of nitrogens with zero attached hydrogens (tertiary/aromatic N) is 3. The zero-order valence-corrected chi connectivity index (χ0v) is 14.6. The van der Waals surface area contributed by atoms with Gasteiger partial charge >= 0.3 is 5.97 Å². The molecule has 2 aromatic rings. The van der Waals surface area contributed by atoms with Crippen LogP contribution in [0.25, 0.3) is 11.4 Å². The Labute approximate surface area is 141 Å². The molecular weight excluding hydrogens is 368 g/mol. The first-order chi connectivity index (χ1) is 10.6. The number of esters is 1. The number of unbranched alkanes of at least 4 members (excludes halogenated alkanes) is 1. The first-order valence-corrected chi connectivity index (χ1v) is 8.65. The predicted molar refractivity (Wildman–Crippen MR) is 89.9 cm³/mol. The van der Waals surface area contributed by atoms with Crippen molar-refractivity contribution in [3.63, 3.8) is 0 Å². The van der Waals surface area contributed by atoms with Crippen molar-refractivity contribution in [2.24, 2.45) is 0 Å². The number of thioether (sulfide) groups is 1. The van der Waals surface area contributed by atoms with E-state index >= 15 is 0 Å². The van der Waals surface area contributed by atoms with Gasteiger partial charge in [-0.1, -0.05) is 53.2 Å². The van der Waals surface area contributed by atoms with E-state index in [2.05, 4.69) is 26.1 Å². The van der Waals surface area contributed by atoms with Crippen LogP contribution < -0.4 is 5.84 Å². The molecule has 118 valence electrons. The van der Waals surface area contributed by atoms with E-state index in [1.54, 1.807) is 0 Å². The molecule has 0 amide bonds. The van der Waals surface area contributed by atoms with Crippen molar-refractivity contribution in [1.29, 1.82) is 0 Å². The molecule has 0 aliphatic rings. The fourth-order valence-electron chi connectivity index (χ4n) is 1.70. The number of nitrogen functional groups attached to an aromatic ring is 1. The Morgan fingerprint density at radius 2 is 2.18 bits per heavy atom. The fourth-order valence-corrected chi connectivity index (χ4v) is 2.81. The van der Waals surface area contributed by atoms with E-state index in [0.29, 0.717) is 17.6 Å². The van der Waals surface area contributed by atoms with Gasteiger partial charge in [0.15, 0.2) is 5.82 Å². The zero-order chi connectivity index (χ0) is 15.9. The number of carbonyl (C=O) groups excluding carboxylic acids is 1. The maximum Gasteiger partial charge on any atom is 0.316 e. The highest BCUT2D eigenvalue weighted by molar-refractivity contribution is 9.10. The summed E-state index contributed by atoms with van der Waals surface area (Å²) in [6.07, 6.45) is 1.86. The van der Waals surface area contributed by atoms with Crippen LogP contribution in [0.2, 0.25) is 0 Å². The lowest BCUT2D eigenvalue weighted by atomic mass is 10.2. The number of hydrogen-bond donors (Lipinski definition) is 1. The van der Waals surface area contributed by atoms with Gasteiger partial charge < -0.3 is 10.6 Å². The summed E-state index contributed by atoms with van der Waals surface area (Å²) in [7, 11) is 0. The van der Waals surface area contributed by atoms with Crippen LogP contribution in [-0.2, 0) is 9.53 Å². The van der Waals surface area contributed by atoms with Crippen molar-refractivity contribution in [2.75, 3.05) is 18.2 Å². The number of benzene rings is 1. The minimum Gasteiger partial charge on any atom is -0.465 e. The number of nitrogens with two attached hydrogens (primary N) is 1. The smallest absolute Gasteiger partial charge is 0.316 e. The van der Waals surface area contributed by atoms with Gasteiger partial charge in [0.2, 0.25) is 5.16 Å². The molecule has 1 aromatic heterocycles. The number of halogens is 1.